The molecule has 0 radical (unpaired) electrons. The number of sulfonamides is 1. The van der Waals surface area contributed by atoms with Crippen molar-refractivity contribution >= 4 is 55.6 Å². The van der Waals surface area contributed by atoms with Gasteiger partial charge in [-0.1, -0.05) is 67.9 Å². The minimum atomic E-state index is -3.55. The minimum absolute atomic E-state index is 0.0648. The van der Waals surface area contributed by atoms with Crippen LogP contribution in [0.2, 0.25) is 0 Å². The highest BCUT2D eigenvalue weighted by Crippen LogP contribution is 2.29. The molecule has 0 aliphatic carbocycles. The van der Waals surface area contributed by atoms with Gasteiger partial charge in [-0.3, -0.25) is 14.4 Å². The summed E-state index contributed by atoms with van der Waals surface area (Å²) >= 11 is 0. The number of fused-ring (bicyclic) bond motifs is 4. The number of nitrogens with zero attached hydrogens (tertiary/aromatic N) is 5. The van der Waals surface area contributed by atoms with Crippen molar-refractivity contribution in [2.75, 3.05) is 40.0 Å². The van der Waals surface area contributed by atoms with Gasteiger partial charge < -0.3 is 24.8 Å². The number of nitrogens with one attached hydrogen (secondary N) is 1. The van der Waals surface area contributed by atoms with Gasteiger partial charge in [-0.25, -0.2) is 23.1 Å². The minimum Gasteiger partial charge on any atom is -0.469 e. The van der Waals surface area contributed by atoms with Gasteiger partial charge in [0.1, 0.15) is 16.2 Å². The van der Waals surface area contributed by atoms with Crippen molar-refractivity contribution < 1.29 is 27.5 Å². The summed E-state index contributed by atoms with van der Waals surface area (Å²) < 4.78 is 31.2. The van der Waals surface area contributed by atoms with Crippen LogP contribution in [0.4, 0.5) is 5.82 Å². The average Bonchev–Trinajstić information content (AvgIpc) is 3.61. The first-order chi connectivity index (χ1) is 24.9. The summed E-state index contributed by atoms with van der Waals surface area (Å²) in [5.74, 6) is 0.707. The number of rotatable bonds is 13. The van der Waals surface area contributed by atoms with Crippen molar-refractivity contribution in [2.45, 2.75) is 57.0 Å². The number of hydrogen-bond donors (Lipinski definition) is 2. The number of amides is 2. The molecule has 1 aliphatic rings. The third kappa shape index (κ3) is 8.93. The Kier molecular flexibility index (Phi) is 12.2. The van der Waals surface area contributed by atoms with E-state index < -0.39 is 15.9 Å². The Morgan fingerprint density at radius 3 is 2.33 bits per heavy atom. The number of carbonyl (C=O) groups is 3. The Hall–Kier alpha value is -5.34. The van der Waals surface area contributed by atoms with E-state index in [9.17, 15) is 22.8 Å². The molecule has 52 heavy (non-hydrogen) atoms. The molecule has 3 aromatic carbocycles. The number of ether oxygens (including phenoxy) is 1. The van der Waals surface area contributed by atoms with Crippen molar-refractivity contribution in [3.05, 3.63) is 95.3 Å². The van der Waals surface area contributed by atoms with Crippen molar-refractivity contribution in [2.24, 2.45) is 0 Å². The number of unbranched alkanes of at least 4 members (excludes halogenated alkanes) is 1. The molecule has 0 atom stereocenters. The fourth-order valence-corrected chi connectivity index (χ4v) is 7.27. The second kappa shape index (κ2) is 16.8. The molecule has 3 N–H and O–H groups in total. The van der Waals surface area contributed by atoms with Crippen LogP contribution in [0.3, 0.4) is 0 Å². The number of imidazole rings is 1. The van der Waals surface area contributed by atoms with E-state index in [-0.39, 0.29) is 28.8 Å². The normalized spacial score (nSPS) is 13.1. The summed E-state index contributed by atoms with van der Waals surface area (Å²) in [6.07, 6.45) is 3.96. The van der Waals surface area contributed by atoms with Crippen molar-refractivity contribution in [1.82, 2.24) is 29.1 Å². The third-order valence-corrected chi connectivity index (χ3v) is 10.1. The molecule has 1 aliphatic heterocycles. The summed E-state index contributed by atoms with van der Waals surface area (Å²) in [4.78, 5) is 49.2. The van der Waals surface area contributed by atoms with E-state index in [0.717, 1.165) is 64.6 Å². The molecule has 0 saturated heterocycles. The number of hydrogen-bond acceptors (Lipinski definition) is 10. The van der Waals surface area contributed by atoms with Gasteiger partial charge in [0.05, 0.1) is 36.7 Å². The maximum atomic E-state index is 13.2. The zero-order valence-corrected chi connectivity index (χ0v) is 30.8. The lowest BCUT2D eigenvalue weighted by Crippen LogP contribution is -2.38. The SMILES string of the molecule is CCCCc1nc2c(N)nc3ccccc3c2n1CCCN(Cc1ccc(CC(=O)OC)cc1)C(=O)CN(C)C.O=C1NS(=O)(=O)c2ccccc21. The summed E-state index contributed by atoms with van der Waals surface area (Å²) in [6.45, 7) is 4.32. The number of esters is 1. The molecular formula is C38H45N7O6S. The second-order valence-electron chi connectivity index (χ2n) is 12.9. The van der Waals surface area contributed by atoms with Crippen LogP contribution in [0.5, 0.6) is 0 Å². The molecule has 0 saturated carbocycles. The van der Waals surface area contributed by atoms with Gasteiger partial charge in [0.2, 0.25) is 5.91 Å². The Morgan fingerprint density at radius 2 is 1.63 bits per heavy atom. The van der Waals surface area contributed by atoms with Crippen molar-refractivity contribution in [1.29, 1.82) is 0 Å². The van der Waals surface area contributed by atoms with E-state index in [1.165, 1.54) is 19.2 Å². The Bertz CT molecular complexity index is 2180. The number of methoxy groups -OCH3 is 1. The molecule has 0 bridgehead atoms. The van der Waals surface area contributed by atoms with Gasteiger partial charge in [-0.2, -0.15) is 0 Å². The number of pyridine rings is 1. The largest absolute Gasteiger partial charge is 0.469 e. The van der Waals surface area contributed by atoms with Gasteiger partial charge in [-0.05, 0) is 56.3 Å². The highest BCUT2D eigenvalue weighted by molar-refractivity contribution is 7.90. The first kappa shape index (κ1) is 37.9. The number of likely N-dealkylation sites (N-methyl/N-ethyl adjacent to an activating group) is 1. The number of nitrogen functional groups attached to an aromatic ring is 1. The molecule has 0 fully saturated rings. The first-order valence-electron chi connectivity index (χ1n) is 17.2. The summed E-state index contributed by atoms with van der Waals surface area (Å²) in [5.41, 5.74) is 11.1. The molecular weight excluding hydrogens is 683 g/mol. The number of benzene rings is 3. The molecule has 274 valence electrons. The lowest BCUT2D eigenvalue weighted by atomic mass is 10.1. The van der Waals surface area contributed by atoms with E-state index >= 15 is 0 Å². The number of aryl methyl sites for hydroxylation is 2. The predicted molar refractivity (Wildman–Crippen MR) is 200 cm³/mol. The molecule has 0 unspecified atom stereocenters. The van der Waals surface area contributed by atoms with E-state index in [4.69, 9.17) is 15.5 Å². The highest BCUT2D eigenvalue weighted by atomic mass is 32.2. The summed E-state index contributed by atoms with van der Waals surface area (Å²) in [7, 11) is 1.64. The average molecular weight is 728 g/mol. The quantitative estimate of drug-likeness (QED) is 0.167. The second-order valence-corrected chi connectivity index (χ2v) is 14.6. The van der Waals surface area contributed by atoms with Crippen LogP contribution in [0.25, 0.3) is 21.9 Å². The van der Waals surface area contributed by atoms with Crippen molar-refractivity contribution in [3.8, 4) is 0 Å². The highest BCUT2D eigenvalue weighted by Gasteiger charge is 2.31. The molecule has 3 heterocycles. The number of para-hydroxylation sites is 1. The maximum Gasteiger partial charge on any atom is 0.309 e. The number of carbonyl (C=O) groups excluding carboxylic acids is 3. The van der Waals surface area contributed by atoms with Gasteiger partial charge in [0, 0.05) is 31.4 Å². The zero-order valence-electron chi connectivity index (χ0n) is 30.0. The standard InChI is InChI=1S/C31H40N6O3.C7H5NO3S/c1-5-6-12-26-34-29-30(24-10-7-8-11-25(24)33-31(29)32)37(26)18-9-17-36(27(38)21-35(2)3)20-23-15-13-22(14-16-23)19-28(39)40-4;9-7-5-3-1-2-4-6(5)12(10,11)8-7/h7-8,10-11,13-16H,5-6,9,12,17-21H2,1-4H3,(H2,32,33);1-4H,(H,8,9). The van der Waals surface area contributed by atoms with Crippen LogP contribution < -0.4 is 10.5 Å². The van der Waals surface area contributed by atoms with Crippen molar-refractivity contribution in [3.63, 3.8) is 0 Å². The molecule has 6 rings (SSSR count). The molecule has 13 nitrogen and oxygen atoms in total. The predicted octanol–water partition coefficient (Wildman–Crippen LogP) is 4.32. The fraction of sp³-hybridized carbons (Fsp3) is 0.342. The Balaban J connectivity index is 0.000000365. The maximum absolute atomic E-state index is 13.2. The number of aromatic nitrogens is 3. The van der Waals surface area contributed by atoms with Gasteiger partial charge >= 0.3 is 5.97 Å². The molecule has 5 aromatic rings. The van der Waals surface area contributed by atoms with Crippen LogP contribution >= 0.6 is 0 Å². The van der Waals surface area contributed by atoms with E-state index in [2.05, 4.69) is 22.5 Å². The lowest BCUT2D eigenvalue weighted by molar-refractivity contribution is -0.139. The summed E-state index contributed by atoms with van der Waals surface area (Å²) in [6, 6.07) is 21.9. The van der Waals surface area contributed by atoms with Crippen LogP contribution in [-0.2, 0) is 50.3 Å². The summed E-state index contributed by atoms with van der Waals surface area (Å²) in [5, 5.41) is 1.04. The molecule has 14 heteroatoms. The monoisotopic (exact) mass is 727 g/mol. The Morgan fingerprint density at radius 1 is 0.942 bits per heavy atom. The van der Waals surface area contributed by atoms with E-state index in [0.29, 0.717) is 32.0 Å². The van der Waals surface area contributed by atoms with Gasteiger partial charge in [0.25, 0.3) is 15.9 Å². The lowest BCUT2D eigenvalue weighted by Gasteiger charge is -2.25. The smallest absolute Gasteiger partial charge is 0.309 e. The molecule has 0 spiro atoms. The van der Waals surface area contributed by atoms with Gasteiger partial charge in [0.15, 0.2) is 5.82 Å². The van der Waals surface area contributed by atoms with E-state index in [1.54, 1.807) is 12.1 Å². The van der Waals surface area contributed by atoms with E-state index in [1.807, 2.05) is 71.1 Å². The van der Waals surface area contributed by atoms with Crippen LogP contribution in [0, 0.1) is 0 Å². The zero-order chi connectivity index (χ0) is 37.4. The molecule has 2 aromatic heterocycles. The first-order valence-corrected chi connectivity index (χ1v) is 18.7. The van der Waals surface area contributed by atoms with Gasteiger partial charge in [-0.15, -0.1) is 0 Å². The van der Waals surface area contributed by atoms with Crippen LogP contribution in [0.1, 0.15) is 53.5 Å². The topological polar surface area (TPSA) is 170 Å². The third-order valence-electron chi connectivity index (χ3n) is 8.68. The number of nitrogens with two attached hydrogens (primary N) is 1. The fourth-order valence-electron chi connectivity index (χ4n) is 6.10. The molecule has 2 amide bonds. The number of anilines is 1. The van der Waals surface area contributed by atoms with Crippen LogP contribution in [0.15, 0.2) is 77.7 Å². The Labute approximate surface area is 303 Å². The van der Waals surface area contributed by atoms with Crippen LogP contribution in [-0.4, -0.2) is 84.8 Å².